The van der Waals surface area contributed by atoms with Crippen LogP contribution in [0.2, 0.25) is 0 Å². The molecule has 10 rings (SSSR count). The van der Waals surface area contributed by atoms with E-state index in [-0.39, 0.29) is 39.9 Å². The number of hydrogen-bond acceptors (Lipinski definition) is 4. The molecule has 0 bridgehead atoms. The van der Waals surface area contributed by atoms with Crippen LogP contribution in [0.3, 0.4) is 0 Å². The van der Waals surface area contributed by atoms with Crippen molar-refractivity contribution in [2.75, 3.05) is 0 Å². The highest BCUT2D eigenvalue weighted by Gasteiger charge is 2.18. The first kappa shape index (κ1) is 22.7. The second-order valence-corrected chi connectivity index (χ2v) is 12.3. The Labute approximate surface area is 304 Å². The topological polar surface area (TPSA) is 51.8 Å². The third-order valence-corrected chi connectivity index (χ3v) is 9.17. The van der Waals surface area contributed by atoms with E-state index < -0.39 is 36.3 Å². The summed E-state index contributed by atoms with van der Waals surface area (Å²) in [6.07, 6.45) is 0. The van der Waals surface area contributed by atoms with Gasteiger partial charge in [0.1, 0.15) is 11.2 Å². The molecule has 0 saturated carbocycles. The van der Waals surface area contributed by atoms with Crippen molar-refractivity contribution in [3.63, 3.8) is 0 Å². The van der Waals surface area contributed by atoms with E-state index in [1.54, 1.807) is 0 Å². The molecule has 8 aromatic carbocycles. The first-order valence-electron chi connectivity index (χ1n) is 20.0. The molecule has 0 aliphatic carbocycles. The van der Waals surface area contributed by atoms with Crippen molar-refractivity contribution >= 4 is 43.5 Å². The first-order valence-corrected chi connectivity index (χ1v) is 16.5. The van der Waals surface area contributed by atoms with Gasteiger partial charge in [0, 0.05) is 27.5 Å². The lowest BCUT2D eigenvalue weighted by atomic mass is 9.97. The summed E-state index contributed by atoms with van der Waals surface area (Å²) in [5.74, 6) is 0.412. The van der Waals surface area contributed by atoms with Gasteiger partial charge in [0.2, 0.25) is 0 Å². The van der Waals surface area contributed by atoms with Gasteiger partial charge in [-0.05, 0) is 74.1 Å². The van der Waals surface area contributed by atoms with Crippen molar-refractivity contribution in [1.82, 2.24) is 15.0 Å². The second-order valence-electron chi connectivity index (χ2n) is 12.3. The SMILES string of the molecule is [2H]c1c([2H])c([2H])c2c([2H])c(-c3nc(-c4cccc(-c5ccc(-c6ccc7ccccc7c6)cc5)c4)nc(-c4cccc5oc6ccccc6c45)n3)c([2H])c([2H])c2c1[2H]. The van der Waals surface area contributed by atoms with Crippen LogP contribution in [-0.4, -0.2) is 15.0 Å². The number of furan rings is 1. The van der Waals surface area contributed by atoms with Crippen LogP contribution in [0.4, 0.5) is 0 Å². The minimum absolute atomic E-state index is 0.0762. The molecule has 0 amide bonds. The van der Waals surface area contributed by atoms with E-state index in [9.17, 15) is 1.37 Å². The Morgan fingerprint density at radius 3 is 1.92 bits per heavy atom. The van der Waals surface area contributed by atoms with Gasteiger partial charge in [-0.3, -0.25) is 0 Å². The van der Waals surface area contributed by atoms with E-state index in [0.29, 0.717) is 22.3 Å². The van der Waals surface area contributed by atoms with Gasteiger partial charge in [-0.15, -0.1) is 0 Å². The molecule has 4 nitrogen and oxygen atoms in total. The first-order chi connectivity index (χ1) is 28.2. The van der Waals surface area contributed by atoms with Gasteiger partial charge in [-0.25, -0.2) is 15.0 Å². The highest BCUT2D eigenvalue weighted by atomic mass is 16.3. The van der Waals surface area contributed by atoms with Crippen molar-refractivity contribution in [1.29, 1.82) is 0 Å². The number of aromatic nitrogens is 3. The molecule has 0 saturated heterocycles. The van der Waals surface area contributed by atoms with E-state index >= 15 is 0 Å². The molecule has 0 spiro atoms. The van der Waals surface area contributed by atoms with Crippen LogP contribution in [-0.2, 0) is 0 Å². The maximum atomic E-state index is 9.28. The highest BCUT2D eigenvalue weighted by Crippen LogP contribution is 2.37. The molecule has 51 heavy (non-hydrogen) atoms. The molecule has 10 aromatic rings. The smallest absolute Gasteiger partial charge is 0.164 e. The third kappa shape index (κ3) is 5.22. The molecule has 0 N–H and O–H groups in total. The molecular formula is C47H29N3O. The maximum Gasteiger partial charge on any atom is 0.164 e. The Balaban J connectivity index is 1.16. The molecule has 4 heteroatoms. The van der Waals surface area contributed by atoms with Crippen molar-refractivity contribution in [3.8, 4) is 56.4 Å². The molecule has 0 fully saturated rings. The number of hydrogen-bond donors (Lipinski definition) is 0. The molecule has 0 atom stereocenters. The zero-order valence-corrected chi connectivity index (χ0v) is 27.0. The molecule has 2 aromatic heterocycles. The van der Waals surface area contributed by atoms with Gasteiger partial charge in [0.15, 0.2) is 17.5 Å². The lowest BCUT2D eigenvalue weighted by Gasteiger charge is -2.11. The average molecular weight is 659 g/mol. The number of benzene rings is 8. The predicted octanol–water partition coefficient (Wildman–Crippen LogP) is 12.4. The summed E-state index contributed by atoms with van der Waals surface area (Å²) in [6.45, 7) is 0. The summed E-state index contributed by atoms with van der Waals surface area (Å²) in [5, 5.41) is 3.60. The quantitative estimate of drug-likeness (QED) is 0.185. The van der Waals surface area contributed by atoms with Gasteiger partial charge < -0.3 is 4.42 Å². The Morgan fingerprint density at radius 1 is 0.412 bits per heavy atom. The van der Waals surface area contributed by atoms with Crippen molar-refractivity contribution in [2.45, 2.75) is 0 Å². The standard InChI is InChI=1S/C47H29N3O/c1-3-11-34-27-37(25-23-30(34)9-1)33-21-19-32(20-22-33)36-13-7-14-38(28-36)45-48-46(39-26-24-31-10-2-4-12-35(31)29-39)50-47(49-45)41-16-8-18-43-44(41)40-15-5-6-17-42(40)51-43/h1-29H/i2D,4D,10D,12D,24D,26D,29D. The highest BCUT2D eigenvalue weighted by molar-refractivity contribution is 6.11. The lowest BCUT2D eigenvalue weighted by Crippen LogP contribution is -2.00. The monoisotopic (exact) mass is 658 g/mol. The van der Waals surface area contributed by atoms with Crippen LogP contribution in [0.25, 0.3) is 99.9 Å². The zero-order valence-electron chi connectivity index (χ0n) is 34.0. The molecule has 2 heterocycles. The normalized spacial score (nSPS) is 13.5. The van der Waals surface area contributed by atoms with E-state index in [4.69, 9.17) is 27.6 Å². The van der Waals surface area contributed by atoms with Gasteiger partial charge in [0.05, 0.1) is 9.60 Å². The van der Waals surface area contributed by atoms with Crippen LogP contribution in [0, 0.1) is 0 Å². The molecule has 0 unspecified atom stereocenters. The van der Waals surface area contributed by atoms with Crippen LogP contribution in [0.15, 0.2) is 180 Å². The van der Waals surface area contributed by atoms with Crippen molar-refractivity contribution in [2.24, 2.45) is 0 Å². The maximum absolute atomic E-state index is 9.28. The predicted molar refractivity (Wildman–Crippen MR) is 209 cm³/mol. The summed E-state index contributed by atoms with van der Waals surface area (Å²) in [4.78, 5) is 14.7. The second kappa shape index (κ2) is 11.9. The number of fused-ring (bicyclic) bond motifs is 5. The van der Waals surface area contributed by atoms with Crippen molar-refractivity contribution < 1.29 is 14.0 Å². The summed E-state index contributed by atoms with van der Waals surface area (Å²) in [6, 6.07) is 40.8. The Morgan fingerprint density at radius 2 is 1.06 bits per heavy atom. The van der Waals surface area contributed by atoms with Crippen LogP contribution < -0.4 is 0 Å². The fraction of sp³-hybridized carbons (Fsp3) is 0. The summed E-state index contributed by atoms with van der Waals surface area (Å²) < 4.78 is 67.2. The average Bonchev–Trinajstić information content (AvgIpc) is 3.65. The van der Waals surface area contributed by atoms with Crippen LogP contribution >= 0.6 is 0 Å². The molecule has 0 radical (unpaired) electrons. The number of para-hydroxylation sites is 1. The minimum atomic E-state index is -0.536. The molecule has 0 aliphatic heterocycles. The molecular weight excluding hydrogens is 623 g/mol. The van der Waals surface area contributed by atoms with E-state index in [0.717, 1.165) is 33.0 Å². The molecule has 238 valence electrons. The van der Waals surface area contributed by atoms with Gasteiger partial charge in [0.25, 0.3) is 0 Å². The number of rotatable bonds is 5. The zero-order chi connectivity index (χ0) is 39.8. The van der Waals surface area contributed by atoms with Crippen LogP contribution in [0.1, 0.15) is 9.60 Å². The Kier molecular flexibility index (Phi) is 5.29. The minimum Gasteiger partial charge on any atom is -0.456 e. The largest absolute Gasteiger partial charge is 0.456 e. The van der Waals surface area contributed by atoms with Gasteiger partial charge in [-0.1, -0.05) is 145 Å². The Hall–Kier alpha value is -6.91. The van der Waals surface area contributed by atoms with E-state index in [1.807, 2.05) is 78.9 Å². The van der Waals surface area contributed by atoms with Crippen molar-refractivity contribution in [3.05, 3.63) is 176 Å². The van der Waals surface area contributed by atoms with Gasteiger partial charge >= 0.3 is 0 Å². The summed E-state index contributed by atoms with van der Waals surface area (Å²) >= 11 is 0. The lowest BCUT2D eigenvalue weighted by molar-refractivity contribution is 0.669. The third-order valence-electron chi connectivity index (χ3n) is 9.17. The fourth-order valence-corrected chi connectivity index (χ4v) is 6.65. The Bertz CT molecular complexity index is 3330. The summed E-state index contributed by atoms with van der Waals surface area (Å²) in [7, 11) is 0. The van der Waals surface area contributed by atoms with E-state index in [2.05, 4.69) is 54.6 Å². The number of nitrogens with zero attached hydrogens (tertiary/aromatic N) is 3. The fourth-order valence-electron chi connectivity index (χ4n) is 6.65. The summed E-state index contributed by atoms with van der Waals surface area (Å²) in [5.41, 5.74) is 6.51. The molecule has 0 aliphatic rings. The van der Waals surface area contributed by atoms with E-state index in [1.165, 1.54) is 10.8 Å². The van der Waals surface area contributed by atoms with Crippen LogP contribution in [0.5, 0.6) is 0 Å². The van der Waals surface area contributed by atoms with Gasteiger partial charge in [-0.2, -0.15) is 0 Å².